The van der Waals surface area contributed by atoms with E-state index in [0.717, 1.165) is 54.1 Å². The third kappa shape index (κ3) is 6.11. The van der Waals surface area contributed by atoms with E-state index in [2.05, 4.69) is 45.0 Å². The molecule has 5 rings (SSSR count). The van der Waals surface area contributed by atoms with Gasteiger partial charge in [-0.05, 0) is 84.1 Å². The van der Waals surface area contributed by atoms with Crippen molar-refractivity contribution in [2.45, 2.75) is 44.4 Å². The van der Waals surface area contributed by atoms with Crippen molar-refractivity contribution >= 4 is 44.1 Å². The second kappa shape index (κ2) is 11.2. The Morgan fingerprint density at radius 2 is 1.78 bits per heavy atom. The van der Waals surface area contributed by atoms with Crippen LogP contribution in [-0.4, -0.2) is 72.9 Å². The first-order valence-electron chi connectivity index (χ1n) is 13.8. The van der Waals surface area contributed by atoms with E-state index in [1.54, 1.807) is 46.2 Å². The molecule has 0 amide bonds. The zero-order valence-corrected chi connectivity index (χ0v) is 25.4. The van der Waals surface area contributed by atoms with Gasteiger partial charge >= 0.3 is 0 Å². The molecule has 0 spiro atoms. The van der Waals surface area contributed by atoms with Crippen LogP contribution in [0.1, 0.15) is 33.6 Å². The van der Waals surface area contributed by atoms with Crippen molar-refractivity contribution in [2.24, 2.45) is 0 Å². The van der Waals surface area contributed by atoms with Crippen LogP contribution >= 0.6 is 0 Å². The Morgan fingerprint density at radius 1 is 1.02 bits per heavy atom. The average molecular weight is 578 g/mol. The van der Waals surface area contributed by atoms with E-state index in [4.69, 9.17) is 9.72 Å². The minimum atomic E-state index is -3.55. The Bertz CT molecular complexity index is 1640. The number of nitrogens with one attached hydrogen (secondary N) is 2. The molecule has 3 heterocycles. The second-order valence-electron chi connectivity index (χ2n) is 11.6. The maximum Gasteiger partial charge on any atom is 0.237 e. The summed E-state index contributed by atoms with van der Waals surface area (Å²) in [6.07, 6.45) is 5.91. The molecule has 0 atom stereocenters. The molecule has 2 N–H and O–H groups in total. The molecule has 1 fully saturated rings. The van der Waals surface area contributed by atoms with Gasteiger partial charge in [-0.3, -0.25) is 4.72 Å². The first-order chi connectivity index (χ1) is 19.4. The van der Waals surface area contributed by atoms with Gasteiger partial charge in [-0.1, -0.05) is 6.07 Å². The molecule has 0 saturated carbocycles. The van der Waals surface area contributed by atoms with Crippen LogP contribution in [-0.2, 0) is 10.0 Å². The molecular formula is C30H39N7O3S. The van der Waals surface area contributed by atoms with Gasteiger partial charge in [-0.2, -0.15) is 4.98 Å². The zero-order valence-electron chi connectivity index (χ0n) is 24.5. The average Bonchev–Trinajstić information content (AvgIpc) is 3.36. The molecule has 2 aromatic carbocycles. The highest BCUT2D eigenvalue weighted by atomic mass is 32.2. The Hall–Kier alpha value is -3.83. The summed E-state index contributed by atoms with van der Waals surface area (Å²) in [5, 5.41) is 4.18. The number of ether oxygens (including phenoxy) is 1. The highest BCUT2D eigenvalue weighted by molar-refractivity contribution is 7.94. The van der Waals surface area contributed by atoms with Crippen molar-refractivity contribution in [1.29, 1.82) is 0 Å². The maximum atomic E-state index is 12.7. The first-order valence-corrected chi connectivity index (χ1v) is 15.3. The maximum absolute atomic E-state index is 12.7. The minimum Gasteiger partial charge on any atom is -0.495 e. The van der Waals surface area contributed by atoms with Gasteiger partial charge < -0.3 is 24.4 Å². The normalized spacial score (nSPS) is 15.0. The van der Waals surface area contributed by atoms with Gasteiger partial charge in [-0.15, -0.1) is 0 Å². The Kier molecular flexibility index (Phi) is 7.85. The third-order valence-electron chi connectivity index (χ3n) is 7.58. The van der Waals surface area contributed by atoms with Gasteiger partial charge in [0, 0.05) is 54.4 Å². The lowest BCUT2D eigenvalue weighted by Crippen LogP contribution is -2.42. The van der Waals surface area contributed by atoms with Crippen LogP contribution in [0.4, 0.5) is 23.0 Å². The summed E-state index contributed by atoms with van der Waals surface area (Å²) < 4.78 is 34.8. The van der Waals surface area contributed by atoms with Crippen molar-refractivity contribution in [3.05, 3.63) is 60.9 Å². The quantitative estimate of drug-likeness (QED) is 0.293. The predicted octanol–water partition coefficient (Wildman–Crippen LogP) is 5.24. The molecule has 1 aliphatic heterocycles. The minimum absolute atomic E-state index is 0.448. The molecule has 41 heavy (non-hydrogen) atoms. The summed E-state index contributed by atoms with van der Waals surface area (Å²) in [6, 6.07) is 15.9. The zero-order chi connectivity index (χ0) is 29.4. The number of hydrogen-bond acceptors (Lipinski definition) is 8. The van der Waals surface area contributed by atoms with Crippen molar-refractivity contribution in [2.75, 3.05) is 49.2 Å². The van der Waals surface area contributed by atoms with E-state index < -0.39 is 14.8 Å². The van der Waals surface area contributed by atoms with Crippen LogP contribution < -0.4 is 19.7 Å². The van der Waals surface area contributed by atoms with E-state index in [9.17, 15) is 8.42 Å². The third-order valence-corrected chi connectivity index (χ3v) is 9.70. The van der Waals surface area contributed by atoms with E-state index in [1.165, 1.54) is 0 Å². The Labute approximate surface area is 242 Å². The lowest BCUT2D eigenvalue weighted by Gasteiger charge is -2.37. The first kappa shape index (κ1) is 28.7. The fourth-order valence-electron chi connectivity index (χ4n) is 4.98. The fourth-order valence-corrected chi connectivity index (χ4v) is 5.73. The number of sulfonamides is 1. The largest absolute Gasteiger partial charge is 0.495 e. The molecule has 0 bridgehead atoms. The van der Waals surface area contributed by atoms with E-state index in [-0.39, 0.29) is 0 Å². The van der Waals surface area contributed by atoms with E-state index in [1.807, 2.05) is 41.1 Å². The summed E-state index contributed by atoms with van der Waals surface area (Å²) in [6.45, 7) is 6.98. The fraction of sp³-hybridized carbons (Fsp3) is 0.400. The van der Waals surface area contributed by atoms with Gasteiger partial charge in [-0.25, -0.2) is 13.4 Å². The number of benzene rings is 2. The molecule has 218 valence electrons. The number of nitrogens with zero attached hydrogens (tertiary/aromatic N) is 5. The molecule has 0 radical (unpaired) electrons. The molecule has 1 aliphatic rings. The van der Waals surface area contributed by atoms with Gasteiger partial charge in [0.25, 0.3) is 0 Å². The Balaban J connectivity index is 1.37. The standard InChI is InChI=1S/C30H39N7O3S/c1-30(2,3)41(38,39)34-23-8-7-9-25(18-23)37-17-12-21-20-31-29(33-28(21)37)32-22-10-11-26(27(19-22)40-6)36-15-13-24(14-16-36)35(4)5/h7-12,17-20,24,34H,13-16H2,1-6H3,(H,31,32,33). The molecule has 4 aromatic rings. The van der Waals surface area contributed by atoms with Crippen LogP contribution in [0.25, 0.3) is 16.7 Å². The molecule has 0 aliphatic carbocycles. The molecule has 0 unspecified atom stereocenters. The van der Waals surface area contributed by atoms with Crippen LogP contribution in [0.5, 0.6) is 5.75 Å². The van der Waals surface area contributed by atoms with E-state index >= 15 is 0 Å². The number of fused-ring (bicyclic) bond motifs is 1. The van der Waals surface area contributed by atoms with Crippen LogP contribution in [0.2, 0.25) is 0 Å². The number of methoxy groups -OCH3 is 1. The number of aromatic nitrogens is 3. The molecule has 1 saturated heterocycles. The smallest absolute Gasteiger partial charge is 0.237 e. The molecule has 2 aromatic heterocycles. The van der Waals surface area contributed by atoms with Gasteiger partial charge in [0.05, 0.1) is 23.2 Å². The Morgan fingerprint density at radius 3 is 2.46 bits per heavy atom. The van der Waals surface area contributed by atoms with Crippen molar-refractivity contribution < 1.29 is 13.2 Å². The van der Waals surface area contributed by atoms with Crippen molar-refractivity contribution in [3.8, 4) is 11.4 Å². The van der Waals surface area contributed by atoms with Gasteiger partial charge in [0.1, 0.15) is 11.4 Å². The second-order valence-corrected chi connectivity index (χ2v) is 14.1. The summed E-state index contributed by atoms with van der Waals surface area (Å²) >= 11 is 0. The number of piperidine rings is 1. The number of rotatable bonds is 8. The van der Waals surface area contributed by atoms with Crippen LogP contribution in [0.3, 0.4) is 0 Å². The summed E-state index contributed by atoms with van der Waals surface area (Å²) in [4.78, 5) is 14.0. The summed E-state index contributed by atoms with van der Waals surface area (Å²) in [7, 11) is 2.43. The highest BCUT2D eigenvalue weighted by Gasteiger charge is 2.29. The molecule has 10 nitrogen and oxygen atoms in total. The van der Waals surface area contributed by atoms with Crippen molar-refractivity contribution in [3.63, 3.8) is 0 Å². The number of hydrogen-bond donors (Lipinski definition) is 2. The van der Waals surface area contributed by atoms with Crippen LogP contribution in [0, 0.1) is 0 Å². The van der Waals surface area contributed by atoms with E-state index in [0.29, 0.717) is 23.3 Å². The highest BCUT2D eigenvalue weighted by Crippen LogP contribution is 2.34. The van der Waals surface area contributed by atoms with Gasteiger partial charge in [0.2, 0.25) is 16.0 Å². The van der Waals surface area contributed by atoms with Crippen molar-refractivity contribution in [1.82, 2.24) is 19.4 Å². The predicted molar refractivity (Wildman–Crippen MR) is 166 cm³/mol. The molecule has 11 heteroatoms. The SMILES string of the molecule is COc1cc(Nc2ncc3ccn(-c4cccc(NS(=O)(=O)C(C)(C)C)c4)c3n2)ccc1N1CCC(N(C)C)CC1. The molecular weight excluding hydrogens is 538 g/mol. The summed E-state index contributed by atoms with van der Waals surface area (Å²) in [5.74, 6) is 1.25. The number of anilines is 4. The lowest BCUT2D eigenvalue weighted by molar-refractivity contribution is 0.249. The lowest BCUT2D eigenvalue weighted by atomic mass is 10.0. The van der Waals surface area contributed by atoms with Gasteiger partial charge in [0.15, 0.2) is 0 Å². The van der Waals surface area contributed by atoms with Crippen LogP contribution in [0.15, 0.2) is 60.9 Å². The summed E-state index contributed by atoms with van der Waals surface area (Å²) in [5.41, 5.74) is 3.88. The topological polar surface area (TPSA) is 105 Å². The monoisotopic (exact) mass is 577 g/mol.